The number of benzene rings is 2. The lowest BCUT2D eigenvalue weighted by molar-refractivity contribution is -0.157. The molecule has 0 spiro atoms. The van der Waals surface area contributed by atoms with Gasteiger partial charge >= 0.3 is 25.3 Å². The van der Waals surface area contributed by atoms with Gasteiger partial charge in [-0.3, -0.25) is 18.7 Å². The predicted molar refractivity (Wildman–Crippen MR) is 169 cm³/mol. The van der Waals surface area contributed by atoms with Gasteiger partial charge in [-0.1, -0.05) is 60.7 Å². The monoisotopic (exact) mass is 660 g/mol. The normalized spacial score (nSPS) is 13.8. The fourth-order valence-electron chi connectivity index (χ4n) is 4.67. The summed E-state index contributed by atoms with van der Waals surface area (Å²) < 4.78 is 41.5. The summed E-state index contributed by atoms with van der Waals surface area (Å²) in [5, 5.41) is 13.9. The van der Waals surface area contributed by atoms with Crippen LogP contribution in [0.5, 0.6) is 0 Å². The molecule has 1 heterocycles. The maximum atomic E-state index is 14.3. The smallest absolute Gasteiger partial charge is 0.420 e. The van der Waals surface area contributed by atoms with E-state index in [-0.39, 0.29) is 37.5 Å². The van der Waals surface area contributed by atoms with Crippen molar-refractivity contribution in [3.05, 3.63) is 71.2 Å². The van der Waals surface area contributed by atoms with Gasteiger partial charge in [-0.25, -0.2) is 9.59 Å². The summed E-state index contributed by atoms with van der Waals surface area (Å²) in [7, 11) is -3.25. The van der Waals surface area contributed by atoms with Crippen molar-refractivity contribution in [2.75, 3.05) is 20.3 Å². The molecule has 0 fully saturated rings. The van der Waals surface area contributed by atoms with Crippen molar-refractivity contribution in [2.24, 2.45) is 0 Å². The number of nitrogens with one attached hydrogen (secondary N) is 1. The van der Waals surface area contributed by atoms with Gasteiger partial charge in [0.25, 0.3) is 0 Å². The summed E-state index contributed by atoms with van der Waals surface area (Å²) in [5.74, 6) is -5.80. The summed E-state index contributed by atoms with van der Waals surface area (Å²) in [6, 6.07) is 15.4. The number of amides is 1. The summed E-state index contributed by atoms with van der Waals surface area (Å²) >= 11 is 0. The van der Waals surface area contributed by atoms with Crippen molar-refractivity contribution in [1.29, 1.82) is 0 Å². The average molecular weight is 661 g/mol. The molecule has 3 atom stereocenters. The van der Waals surface area contributed by atoms with Crippen molar-refractivity contribution in [1.82, 2.24) is 9.88 Å². The van der Waals surface area contributed by atoms with Crippen LogP contribution in [0.4, 0.5) is 0 Å². The Morgan fingerprint density at radius 2 is 1.50 bits per heavy atom. The number of aromatic nitrogens is 1. The molecule has 1 unspecified atom stereocenters. The van der Waals surface area contributed by atoms with Crippen LogP contribution in [0.1, 0.15) is 53.5 Å². The lowest BCUT2D eigenvalue weighted by Crippen LogP contribution is -2.50. The Morgan fingerprint density at radius 1 is 0.957 bits per heavy atom. The van der Waals surface area contributed by atoms with E-state index >= 15 is 0 Å². The number of nitrogens with zero attached hydrogens (tertiary/aromatic N) is 1. The quantitative estimate of drug-likeness (QED) is 0.171. The van der Waals surface area contributed by atoms with Gasteiger partial charge in [0.15, 0.2) is 5.76 Å². The number of oxazole rings is 1. The molecule has 250 valence electrons. The summed E-state index contributed by atoms with van der Waals surface area (Å²) in [6.07, 6.45) is -2.35. The van der Waals surface area contributed by atoms with Gasteiger partial charge < -0.3 is 33.4 Å². The predicted octanol–water partition coefficient (Wildman–Crippen LogP) is 4.68. The molecule has 0 aliphatic rings. The van der Waals surface area contributed by atoms with E-state index in [1.807, 2.05) is 0 Å². The molecule has 46 heavy (non-hydrogen) atoms. The minimum atomic E-state index is -4.42. The maximum Gasteiger partial charge on any atom is 0.420 e. The highest BCUT2D eigenvalue weighted by atomic mass is 31.2. The average Bonchev–Trinajstić information content (AvgIpc) is 3.35. The minimum absolute atomic E-state index is 0.104. The van der Waals surface area contributed by atoms with E-state index < -0.39 is 54.7 Å². The topological polar surface area (TPSA) is 173 Å². The summed E-state index contributed by atoms with van der Waals surface area (Å²) in [6.45, 7) is 7.52. The Morgan fingerprint density at radius 3 is 2.00 bits per heavy atom. The van der Waals surface area contributed by atoms with Gasteiger partial charge in [-0.15, -0.1) is 0 Å². The molecule has 3 rings (SSSR count). The molecule has 2 aromatic carbocycles. The van der Waals surface area contributed by atoms with Gasteiger partial charge in [0, 0.05) is 17.5 Å². The number of rotatable bonds is 15. The molecule has 3 aromatic rings. The van der Waals surface area contributed by atoms with Crippen LogP contribution in [-0.2, 0) is 37.5 Å². The molecular formula is C32H41N2O11P. The fourth-order valence-corrected chi connectivity index (χ4v) is 6.36. The van der Waals surface area contributed by atoms with Crippen molar-refractivity contribution in [3.63, 3.8) is 0 Å². The van der Waals surface area contributed by atoms with Crippen molar-refractivity contribution >= 4 is 25.4 Å². The van der Waals surface area contributed by atoms with Crippen LogP contribution in [0.15, 0.2) is 69.9 Å². The molecule has 14 heteroatoms. The third-order valence-corrected chi connectivity index (χ3v) is 8.76. The van der Waals surface area contributed by atoms with Gasteiger partial charge in [-0.2, -0.15) is 0 Å². The fraction of sp³-hybridized carbons (Fsp3) is 0.438. The number of aliphatic hydroxyl groups excluding tert-OH is 1. The molecule has 1 amide bonds. The van der Waals surface area contributed by atoms with Crippen LogP contribution in [0.3, 0.4) is 0 Å². The Labute approximate surface area is 267 Å². The van der Waals surface area contributed by atoms with E-state index in [1.54, 1.807) is 81.4 Å². The first-order chi connectivity index (χ1) is 21.8. The van der Waals surface area contributed by atoms with E-state index in [0.717, 1.165) is 4.57 Å². The van der Waals surface area contributed by atoms with Crippen LogP contribution in [0.2, 0.25) is 0 Å². The largest absolute Gasteiger partial charge is 0.469 e. The number of esters is 2. The van der Waals surface area contributed by atoms with Crippen LogP contribution in [-0.4, -0.2) is 65.3 Å². The zero-order valence-electron chi connectivity index (χ0n) is 26.8. The second kappa shape index (κ2) is 16.0. The highest BCUT2D eigenvalue weighted by molar-refractivity contribution is 7.55. The van der Waals surface area contributed by atoms with Gasteiger partial charge in [0.05, 0.1) is 32.1 Å². The Kier molecular flexibility index (Phi) is 12.7. The van der Waals surface area contributed by atoms with Crippen LogP contribution in [0, 0.1) is 0 Å². The van der Waals surface area contributed by atoms with E-state index in [1.165, 1.54) is 21.0 Å². The molecule has 1 aromatic heterocycles. The Balaban J connectivity index is 2.26. The minimum Gasteiger partial charge on any atom is -0.469 e. The van der Waals surface area contributed by atoms with Crippen LogP contribution >= 0.6 is 7.60 Å². The molecule has 0 bridgehead atoms. The van der Waals surface area contributed by atoms with Crippen LogP contribution < -0.4 is 11.1 Å². The SMILES string of the molecule is CCOP(=O)(OCC)C(NC(=O)[C@H]([C@@H](O)CCC(=O)OC)n1c(-c2ccccc2)c(-c2ccccc2)oc1=O)C(=O)OC(C)(C)C. The standard InChI is InChI=1S/C32H41N2O11P/c1-7-42-46(40,43-8-2)29(30(38)45-32(3,4)5)33-28(37)26(23(35)19-20-24(36)41-6)34-25(21-15-11-9-12-16-21)27(44-31(34)39)22-17-13-10-14-18-22/h9-18,23,26,29,35H,7-8,19-20H2,1-6H3,(H,33,37)/t23-,26-,29?/m0/s1. The first-order valence-electron chi connectivity index (χ1n) is 14.8. The van der Waals surface area contributed by atoms with Crippen molar-refractivity contribution in [2.45, 2.75) is 71.0 Å². The third kappa shape index (κ3) is 9.03. The number of hydrogen-bond donors (Lipinski definition) is 2. The van der Waals surface area contributed by atoms with Gasteiger partial charge in [-0.05, 0) is 41.0 Å². The number of aliphatic hydroxyl groups is 1. The van der Waals surface area contributed by atoms with Crippen molar-refractivity contribution in [3.8, 4) is 22.6 Å². The highest BCUT2D eigenvalue weighted by Crippen LogP contribution is 2.53. The Hall–Kier alpha value is -4.03. The third-order valence-electron chi connectivity index (χ3n) is 6.55. The first-order valence-corrected chi connectivity index (χ1v) is 16.4. The first kappa shape index (κ1) is 36.4. The van der Waals surface area contributed by atoms with E-state index in [2.05, 4.69) is 5.32 Å². The number of ether oxygens (including phenoxy) is 2. The molecule has 0 radical (unpaired) electrons. The second-order valence-electron chi connectivity index (χ2n) is 11.1. The van der Waals surface area contributed by atoms with E-state index in [4.69, 9.17) is 22.9 Å². The highest BCUT2D eigenvalue weighted by Gasteiger charge is 2.47. The van der Waals surface area contributed by atoms with Crippen molar-refractivity contribution < 1.29 is 47.0 Å². The lowest BCUT2D eigenvalue weighted by Gasteiger charge is -2.31. The molecule has 0 aliphatic heterocycles. The number of hydrogen-bond acceptors (Lipinski definition) is 11. The maximum absolute atomic E-state index is 14.3. The second-order valence-corrected chi connectivity index (χ2v) is 13.2. The molecule has 0 aliphatic carbocycles. The molecule has 2 N–H and O–H groups in total. The zero-order chi connectivity index (χ0) is 34.1. The van der Waals surface area contributed by atoms with E-state index in [0.29, 0.717) is 11.1 Å². The molecule has 0 saturated carbocycles. The van der Waals surface area contributed by atoms with Crippen LogP contribution in [0.25, 0.3) is 22.6 Å². The summed E-state index contributed by atoms with van der Waals surface area (Å²) in [4.78, 5) is 53.4. The van der Waals surface area contributed by atoms with Gasteiger partial charge in [0.1, 0.15) is 11.6 Å². The van der Waals surface area contributed by atoms with E-state index in [9.17, 15) is 28.8 Å². The number of carbonyl (C=O) groups is 3. The lowest BCUT2D eigenvalue weighted by atomic mass is 10.0. The molecule has 0 saturated heterocycles. The van der Waals surface area contributed by atoms with Gasteiger partial charge in [0.2, 0.25) is 11.7 Å². The summed E-state index contributed by atoms with van der Waals surface area (Å²) in [5.41, 5.74) is 0.0445. The molecule has 13 nitrogen and oxygen atoms in total. The zero-order valence-corrected chi connectivity index (χ0v) is 27.7. The molecular weight excluding hydrogens is 619 g/mol. The Bertz CT molecular complexity index is 1570. The number of methoxy groups -OCH3 is 1. The number of carbonyl (C=O) groups excluding carboxylic acids is 3.